The van der Waals surface area contributed by atoms with Crippen LogP contribution in [-0.2, 0) is 4.79 Å². The Morgan fingerprint density at radius 1 is 1.15 bits per heavy atom. The van der Waals surface area contributed by atoms with Crippen LogP contribution in [0.15, 0.2) is 46.9 Å². The molecule has 2 amide bonds. The van der Waals surface area contributed by atoms with E-state index in [0.29, 0.717) is 25.4 Å². The lowest BCUT2D eigenvalue weighted by molar-refractivity contribution is -0.126. The van der Waals surface area contributed by atoms with Crippen LogP contribution in [-0.4, -0.2) is 48.4 Å². The molecule has 2 aromatic rings. The number of amides is 2. The number of rotatable bonds is 5. The van der Waals surface area contributed by atoms with E-state index in [4.69, 9.17) is 9.15 Å². The monoisotopic (exact) mass is 355 g/mol. The average Bonchev–Trinajstić information content (AvgIpc) is 3.37. The van der Waals surface area contributed by atoms with Crippen molar-refractivity contribution >= 4 is 11.8 Å². The summed E-state index contributed by atoms with van der Waals surface area (Å²) in [6.45, 7) is 1.54. The van der Waals surface area contributed by atoms with Crippen molar-refractivity contribution in [2.45, 2.75) is 24.9 Å². The summed E-state index contributed by atoms with van der Waals surface area (Å²) in [7, 11) is 0. The van der Waals surface area contributed by atoms with E-state index in [1.807, 2.05) is 18.2 Å². The van der Waals surface area contributed by atoms with E-state index in [0.717, 1.165) is 12.8 Å². The van der Waals surface area contributed by atoms with E-state index in [1.54, 1.807) is 29.2 Å². The standard InChI is InChI=1S/C19H21N3O4/c23-18(21-13-6-7-13)15-12-20-10-11-22(15)19(24)16-8-9-17(26-16)25-14-4-2-1-3-5-14/h1-5,8-9,13,15,20H,6-7,10-12H2,(H,21,23)/t15-/m0/s1. The SMILES string of the molecule is O=C(NC1CC1)[C@@H]1CNCCN1C(=O)c1ccc(Oc2ccccc2)o1. The third-order valence-electron chi connectivity index (χ3n) is 4.48. The molecular formula is C19H21N3O4. The van der Waals surface area contributed by atoms with Crippen molar-refractivity contribution in [1.82, 2.24) is 15.5 Å². The molecule has 7 nitrogen and oxygen atoms in total. The number of carbonyl (C=O) groups excluding carboxylic acids is 2. The zero-order chi connectivity index (χ0) is 17.9. The molecule has 1 aliphatic carbocycles. The van der Waals surface area contributed by atoms with Crippen LogP contribution in [0.2, 0.25) is 0 Å². The van der Waals surface area contributed by atoms with Gasteiger partial charge in [-0.25, -0.2) is 0 Å². The average molecular weight is 355 g/mol. The van der Waals surface area contributed by atoms with Crippen molar-refractivity contribution in [3.05, 3.63) is 48.2 Å². The maximum Gasteiger partial charge on any atom is 0.290 e. The third kappa shape index (κ3) is 3.72. The highest BCUT2D eigenvalue weighted by atomic mass is 16.6. The molecule has 1 saturated heterocycles. The zero-order valence-electron chi connectivity index (χ0n) is 14.3. The molecule has 2 aliphatic rings. The lowest BCUT2D eigenvalue weighted by atomic mass is 10.1. The molecule has 1 saturated carbocycles. The van der Waals surface area contributed by atoms with Crippen LogP contribution in [0.1, 0.15) is 23.4 Å². The summed E-state index contributed by atoms with van der Waals surface area (Å²) in [5, 5.41) is 6.14. The molecule has 0 spiro atoms. The smallest absolute Gasteiger partial charge is 0.290 e. The van der Waals surface area contributed by atoms with Crippen LogP contribution < -0.4 is 15.4 Å². The van der Waals surface area contributed by atoms with Gasteiger partial charge in [0.25, 0.3) is 11.9 Å². The van der Waals surface area contributed by atoms with Crippen LogP contribution in [0.3, 0.4) is 0 Å². The number of ether oxygens (including phenoxy) is 1. The van der Waals surface area contributed by atoms with Crippen LogP contribution >= 0.6 is 0 Å². The van der Waals surface area contributed by atoms with Gasteiger partial charge in [0.2, 0.25) is 5.91 Å². The predicted octanol–water partition coefficient (Wildman–Crippen LogP) is 1.76. The summed E-state index contributed by atoms with van der Waals surface area (Å²) in [4.78, 5) is 26.9. The molecule has 2 fully saturated rings. The Hall–Kier alpha value is -2.80. The molecule has 0 bridgehead atoms. The van der Waals surface area contributed by atoms with E-state index in [9.17, 15) is 9.59 Å². The summed E-state index contributed by atoms with van der Waals surface area (Å²) >= 11 is 0. The molecule has 136 valence electrons. The fourth-order valence-corrected chi connectivity index (χ4v) is 2.94. The largest absolute Gasteiger partial charge is 0.426 e. The van der Waals surface area contributed by atoms with Crippen molar-refractivity contribution in [3.8, 4) is 11.7 Å². The molecule has 2 heterocycles. The summed E-state index contributed by atoms with van der Waals surface area (Å²) in [5.41, 5.74) is 0. The van der Waals surface area contributed by atoms with Crippen molar-refractivity contribution in [2.24, 2.45) is 0 Å². The Morgan fingerprint density at radius 3 is 2.73 bits per heavy atom. The Bertz CT molecular complexity index is 785. The zero-order valence-corrected chi connectivity index (χ0v) is 14.3. The number of carbonyl (C=O) groups is 2. The van der Waals surface area contributed by atoms with Gasteiger partial charge >= 0.3 is 0 Å². The van der Waals surface area contributed by atoms with E-state index in [2.05, 4.69) is 10.6 Å². The van der Waals surface area contributed by atoms with Gasteiger partial charge in [0.15, 0.2) is 5.76 Å². The molecule has 1 aromatic heterocycles. The molecule has 1 aliphatic heterocycles. The van der Waals surface area contributed by atoms with Gasteiger partial charge in [0, 0.05) is 31.7 Å². The highest BCUT2D eigenvalue weighted by Gasteiger charge is 2.36. The second-order valence-corrected chi connectivity index (χ2v) is 6.54. The van der Waals surface area contributed by atoms with Gasteiger partial charge in [-0.3, -0.25) is 9.59 Å². The molecule has 4 rings (SSSR count). The number of furan rings is 1. The van der Waals surface area contributed by atoms with Gasteiger partial charge in [-0.2, -0.15) is 0 Å². The number of para-hydroxylation sites is 1. The fourth-order valence-electron chi connectivity index (χ4n) is 2.94. The van der Waals surface area contributed by atoms with Crippen molar-refractivity contribution in [1.29, 1.82) is 0 Å². The van der Waals surface area contributed by atoms with Gasteiger partial charge in [0.1, 0.15) is 11.8 Å². The summed E-state index contributed by atoms with van der Waals surface area (Å²) in [5.74, 6) is 0.631. The van der Waals surface area contributed by atoms with E-state index >= 15 is 0 Å². The number of piperazine rings is 1. The lowest BCUT2D eigenvalue weighted by Crippen LogP contribution is -2.59. The second kappa shape index (κ2) is 7.21. The number of hydrogen-bond acceptors (Lipinski definition) is 5. The van der Waals surface area contributed by atoms with E-state index in [-0.39, 0.29) is 29.6 Å². The maximum atomic E-state index is 12.9. The number of benzene rings is 1. The normalized spacial score (nSPS) is 19.8. The first-order valence-corrected chi connectivity index (χ1v) is 8.85. The van der Waals surface area contributed by atoms with Crippen LogP contribution in [0.4, 0.5) is 0 Å². The minimum atomic E-state index is -0.527. The minimum Gasteiger partial charge on any atom is -0.426 e. The van der Waals surface area contributed by atoms with Gasteiger partial charge in [-0.05, 0) is 31.0 Å². The molecule has 1 atom stereocenters. The van der Waals surface area contributed by atoms with Crippen molar-refractivity contribution < 1.29 is 18.7 Å². The first-order valence-electron chi connectivity index (χ1n) is 8.85. The molecule has 26 heavy (non-hydrogen) atoms. The highest BCUT2D eigenvalue weighted by Crippen LogP contribution is 2.25. The second-order valence-electron chi connectivity index (χ2n) is 6.54. The van der Waals surface area contributed by atoms with Gasteiger partial charge in [-0.15, -0.1) is 0 Å². The molecule has 1 aromatic carbocycles. The topological polar surface area (TPSA) is 83.8 Å². The van der Waals surface area contributed by atoms with E-state index < -0.39 is 6.04 Å². The Kier molecular flexibility index (Phi) is 4.62. The van der Waals surface area contributed by atoms with E-state index in [1.165, 1.54) is 0 Å². The summed E-state index contributed by atoms with van der Waals surface area (Å²) < 4.78 is 11.2. The van der Waals surface area contributed by atoms with Crippen LogP contribution in [0.25, 0.3) is 0 Å². The predicted molar refractivity (Wildman–Crippen MR) is 94.1 cm³/mol. The first kappa shape index (κ1) is 16.7. The first-order chi connectivity index (χ1) is 12.7. The molecule has 0 radical (unpaired) electrons. The Morgan fingerprint density at radius 2 is 1.96 bits per heavy atom. The van der Waals surface area contributed by atoms with Crippen molar-refractivity contribution in [2.75, 3.05) is 19.6 Å². The maximum absolute atomic E-state index is 12.9. The number of nitrogens with zero attached hydrogens (tertiary/aromatic N) is 1. The number of nitrogens with one attached hydrogen (secondary N) is 2. The molecule has 7 heteroatoms. The molecule has 2 N–H and O–H groups in total. The highest BCUT2D eigenvalue weighted by molar-refractivity contribution is 5.96. The summed E-state index contributed by atoms with van der Waals surface area (Å²) in [6.07, 6.45) is 2.02. The Balaban J connectivity index is 1.46. The molecule has 0 unspecified atom stereocenters. The summed E-state index contributed by atoms with van der Waals surface area (Å²) in [6, 6.07) is 12.1. The van der Waals surface area contributed by atoms with Crippen molar-refractivity contribution in [3.63, 3.8) is 0 Å². The fraction of sp³-hybridized carbons (Fsp3) is 0.368. The van der Waals surface area contributed by atoms with Gasteiger partial charge < -0.3 is 24.7 Å². The minimum absolute atomic E-state index is 0.111. The Labute approximate surface area is 151 Å². The lowest BCUT2D eigenvalue weighted by Gasteiger charge is -2.34. The quantitative estimate of drug-likeness (QED) is 0.854. The number of hydrogen-bond donors (Lipinski definition) is 2. The van der Waals surface area contributed by atoms with Gasteiger partial charge in [0.05, 0.1) is 0 Å². The molecular weight excluding hydrogens is 334 g/mol. The van der Waals surface area contributed by atoms with Crippen LogP contribution in [0.5, 0.6) is 11.7 Å². The third-order valence-corrected chi connectivity index (χ3v) is 4.48. The van der Waals surface area contributed by atoms with Gasteiger partial charge in [-0.1, -0.05) is 18.2 Å². The van der Waals surface area contributed by atoms with Crippen LogP contribution in [0, 0.1) is 0 Å².